The Hall–Kier alpha value is -0.850. The quantitative estimate of drug-likeness (QED) is 0.633. The van der Waals surface area contributed by atoms with Gasteiger partial charge in [0.15, 0.2) is 5.78 Å². The molecule has 102 valence electrons. The van der Waals surface area contributed by atoms with E-state index in [1.807, 2.05) is 0 Å². The van der Waals surface area contributed by atoms with Crippen LogP contribution in [0, 0.1) is 16.7 Å². The molecule has 1 atom stereocenters. The molecular formula is C17H28O. The summed E-state index contributed by atoms with van der Waals surface area (Å²) < 4.78 is 0. The first-order chi connectivity index (χ1) is 8.05. The first kappa shape index (κ1) is 15.2. The second-order valence-electron chi connectivity index (χ2n) is 7.38. The van der Waals surface area contributed by atoms with E-state index in [2.05, 4.69) is 47.6 Å². The highest BCUT2D eigenvalue weighted by atomic mass is 16.1. The Bertz CT molecular complexity index is 388. The van der Waals surface area contributed by atoms with Crippen LogP contribution in [0.5, 0.6) is 0 Å². The van der Waals surface area contributed by atoms with Crippen molar-refractivity contribution < 1.29 is 4.79 Å². The lowest BCUT2D eigenvalue weighted by Gasteiger charge is -2.42. The number of allylic oxidation sites excluding steroid dienone is 4. The third-order valence-electron chi connectivity index (χ3n) is 4.26. The third kappa shape index (κ3) is 3.34. The standard InChI is InChI=1S/C17H28O/c1-12(18)8-9-15-13(2)14(16(3,4)5)10-11-17(15,6)7/h8-9,14H,10-11H2,1-7H3/b9-8+. The molecule has 0 bridgehead atoms. The maximum Gasteiger partial charge on any atom is 0.152 e. The molecule has 0 saturated heterocycles. The molecule has 0 N–H and O–H groups in total. The Labute approximate surface area is 112 Å². The first-order valence-electron chi connectivity index (χ1n) is 6.95. The Morgan fingerprint density at radius 1 is 1.33 bits per heavy atom. The maximum absolute atomic E-state index is 11.2. The van der Waals surface area contributed by atoms with Crippen molar-refractivity contribution in [1.29, 1.82) is 0 Å². The van der Waals surface area contributed by atoms with E-state index in [4.69, 9.17) is 0 Å². The highest BCUT2D eigenvalue weighted by Gasteiger charge is 2.36. The molecule has 18 heavy (non-hydrogen) atoms. The van der Waals surface area contributed by atoms with E-state index in [1.54, 1.807) is 13.0 Å². The highest BCUT2D eigenvalue weighted by Crippen LogP contribution is 2.48. The van der Waals surface area contributed by atoms with Gasteiger partial charge in [0, 0.05) is 0 Å². The maximum atomic E-state index is 11.2. The number of rotatable bonds is 2. The molecule has 0 aromatic heterocycles. The number of hydrogen-bond acceptors (Lipinski definition) is 1. The molecule has 0 aliphatic heterocycles. The summed E-state index contributed by atoms with van der Waals surface area (Å²) in [6, 6.07) is 0. The number of ketones is 1. The lowest BCUT2D eigenvalue weighted by Crippen LogP contribution is -2.31. The zero-order valence-electron chi connectivity index (χ0n) is 13.1. The van der Waals surface area contributed by atoms with E-state index in [-0.39, 0.29) is 11.2 Å². The molecule has 0 saturated carbocycles. The van der Waals surface area contributed by atoms with Crippen LogP contribution in [0.4, 0.5) is 0 Å². The number of carbonyl (C=O) groups is 1. The summed E-state index contributed by atoms with van der Waals surface area (Å²) in [5.74, 6) is 0.751. The predicted octanol–water partition coefficient (Wildman–Crippen LogP) is 4.93. The average Bonchev–Trinajstić information content (AvgIpc) is 2.13. The smallest absolute Gasteiger partial charge is 0.152 e. The largest absolute Gasteiger partial charge is 0.295 e. The van der Waals surface area contributed by atoms with Crippen molar-refractivity contribution in [1.82, 2.24) is 0 Å². The number of carbonyl (C=O) groups excluding carboxylic acids is 1. The van der Waals surface area contributed by atoms with Crippen molar-refractivity contribution in [3.8, 4) is 0 Å². The van der Waals surface area contributed by atoms with Crippen LogP contribution in [0.1, 0.15) is 61.3 Å². The van der Waals surface area contributed by atoms with Crippen molar-refractivity contribution in [3.63, 3.8) is 0 Å². The molecule has 1 aliphatic rings. The molecular weight excluding hydrogens is 220 g/mol. The second-order valence-corrected chi connectivity index (χ2v) is 7.38. The van der Waals surface area contributed by atoms with Gasteiger partial charge in [-0.1, -0.05) is 46.3 Å². The minimum Gasteiger partial charge on any atom is -0.295 e. The van der Waals surface area contributed by atoms with E-state index in [0.717, 1.165) is 0 Å². The lowest BCUT2D eigenvalue weighted by atomic mass is 9.62. The Morgan fingerprint density at radius 2 is 1.89 bits per heavy atom. The van der Waals surface area contributed by atoms with Gasteiger partial charge in [-0.25, -0.2) is 0 Å². The van der Waals surface area contributed by atoms with Gasteiger partial charge >= 0.3 is 0 Å². The van der Waals surface area contributed by atoms with Crippen LogP contribution >= 0.6 is 0 Å². The van der Waals surface area contributed by atoms with E-state index in [1.165, 1.54) is 24.0 Å². The SMILES string of the molecule is CC(=O)/C=C/C1=C(C)C(C(C)(C)C)CCC1(C)C. The van der Waals surface area contributed by atoms with Gasteiger partial charge in [0.1, 0.15) is 0 Å². The van der Waals surface area contributed by atoms with Gasteiger partial charge in [-0.15, -0.1) is 0 Å². The molecule has 1 rings (SSSR count). The van der Waals surface area contributed by atoms with Crippen molar-refractivity contribution in [2.45, 2.75) is 61.3 Å². The zero-order valence-corrected chi connectivity index (χ0v) is 13.1. The summed E-state index contributed by atoms with van der Waals surface area (Å²) in [6.07, 6.45) is 6.21. The van der Waals surface area contributed by atoms with E-state index < -0.39 is 0 Å². The molecule has 0 amide bonds. The fourth-order valence-electron chi connectivity index (χ4n) is 3.22. The van der Waals surface area contributed by atoms with Crippen LogP contribution < -0.4 is 0 Å². The fourth-order valence-corrected chi connectivity index (χ4v) is 3.22. The summed E-state index contributed by atoms with van der Waals surface area (Å²) >= 11 is 0. The fraction of sp³-hybridized carbons (Fsp3) is 0.706. The van der Waals surface area contributed by atoms with Crippen LogP contribution in [-0.2, 0) is 4.79 Å². The molecule has 0 spiro atoms. The van der Waals surface area contributed by atoms with Gasteiger partial charge in [0.05, 0.1) is 0 Å². The minimum absolute atomic E-state index is 0.129. The van der Waals surface area contributed by atoms with E-state index >= 15 is 0 Å². The molecule has 0 aromatic rings. The van der Waals surface area contributed by atoms with Crippen LogP contribution in [-0.4, -0.2) is 5.78 Å². The molecule has 1 nitrogen and oxygen atoms in total. The van der Waals surface area contributed by atoms with Crippen LogP contribution in [0.15, 0.2) is 23.3 Å². The summed E-state index contributed by atoms with van der Waals surface area (Å²) in [4.78, 5) is 11.2. The van der Waals surface area contributed by atoms with Crippen molar-refractivity contribution in [2.75, 3.05) is 0 Å². The molecule has 1 heteroatoms. The van der Waals surface area contributed by atoms with Crippen molar-refractivity contribution in [3.05, 3.63) is 23.3 Å². The van der Waals surface area contributed by atoms with E-state index in [0.29, 0.717) is 11.3 Å². The van der Waals surface area contributed by atoms with Crippen LogP contribution in [0.2, 0.25) is 0 Å². The molecule has 0 fully saturated rings. The predicted molar refractivity (Wildman–Crippen MR) is 78.5 cm³/mol. The summed E-state index contributed by atoms with van der Waals surface area (Å²) in [6.45, 7) is 15.4. The normalized spacial score (nSPS) is 24.7. The minimum atomic E-state index is 0.129. The summed E-state index contributed by atoms with van der Waals surface area (Å²) in [7, 11) is 0. The van der Waals surface area contributed by atoms with Gasteiger partial charge in [-0.2, -0.15) is 0 Å². The van der Waals surface area contributed by atoms with E-state index in [9.17, 15) is 4.79 Å². The highest BCUT2D eigenvalue weighted by molar-refractivity contribution is 5.87. The molecule has 0 radical (unpaired) electrons. The summed E-state index contributed by atoms with van der Waals surface area (Å²) in [5, 5.41) is 0. The van der Waals surface area contributed by atoms with Gasteiger partial charge in [-0.3, -0.25) is 4.79 Å². The van der Waals surface area contributed by atoms with Gasteiger partial charge in [0.25, 0.3) is 0 Å². The number of hydrogen-bond donors (Lipinski definition) is 0. The van der Waals surface area contributed by atoms with Gasteiger partial charge < -0.3 is 0 Å². The Balaban J connectivity index is 3.22. The van der Waals surface area contributed by atoms with Crippen molar-refractivity contribution >= 4 is 5.78 Å². The molecule has 0 aromatic carbocycles. The molecule has 1 aliphatic carbocycles. The summed E-state index contributed by atoms with van der Waals surface area (Å²) in [5.41, 5.74) is 3.33. The Morgan fingerprint density at radius 3 is 2.33 bits per heavy atom. The van der Waals surface area contributed by atoms with Crippen molar-refractivity contribution in [2.24, 2.45) is 16.7 Å². The first-order valence-corrected chi connectivity index (χ1v) is 6.95. The molecule has 1 unspecified atom stereocenters. The topological polar surface area (TPSA) is 17.1 Å². The zero-order chi connectivity index (χ0) is 14.1. The van der Waals surface area contributed by atoms with Crippen LogP contribution in [0.3, 0.4) is 0 Å². The Kier molecular flexibility index (Phi) is 4.25. The third-order valence-corrected chi connectivity index (χ3v) is 4.26. The van der Waals surface area contributed by atoms with Crippen LogP contribution in [0.25, 0.3) is 0 Å². The second kappa shape index (κ2) is 5.03. The lowest BCUT2D eigenvalue weighted by molar-refractivity contribution is -0.112. The average molecular weight is 248 g/mol. The monoisotopic (exact) mass is 248 g/mol. The van der Waals surface area contributed by atoms with Gasteiger partial charge in [-0.05, 0) is 55.1 Å². The van der Waals surface area contributed by atoms with Gasteiger partial charge in [0.2, 0.25) is 0 Å². The molecule has 0 heterocycles.